The number of carbonyl (C=O) groups is 1. The van der Waals surface area contributed by atoms with Gasteiger partial charge in [0.05, 0.1) is 25.9 Å². The molecule has 0 aliphatic carbocycles. The largest absolute Gasteiger partial charge is 0.491 e. The van der Waals surface area contributed by atoms with Gasteiger partial charge in [-0.05, 0) is 31.0 Å². The van der Waals surface area contributed by atoms with E-state index < -0.39 is 6.10 Å². The first kappa shape index (κ1) is 21.5. The molecule has 0 bridgehead atoms. The molecule has 1 heterocycles. The van der Waals surface area contributed by atoms with Gasteiger partial charge in [-0.15, -0.1) is 0 Å². The molecule has 0 spiro atoms. The van der Waals surface area contributed by atoms with Crippen LogP contribution in [0.4, 0.5) is 4.79 Å². The van der Waals surface area contributed by atoms with Gasteiger partial charge in [-0.2, -0.15) is 0 Å². The van der Waals surface area contributed by atoms with Gasteiger partial charge in [-0.3, -0.25) is 4.90 Å². The first-order valence-corrected chi connectivity index (χ1v) is 9.74. The zero-order valence-corrected chi connectivity index (χ0v) is 16.4. The summed E-state index contributed by atoms with van der Waals surface area (Å²) in [6.45, 7) is 8.72. The topological polar surface area (TPSA) is 71.5 Å². The molecule has 2 rings (SSSR count). The molecule has 1 saturated heterocycles. The molecule has 1 atom stereocenters. The predicted molar refractivity (Wildman–Crippen MR) is 103 cm³/mol. The first-order chi connectivity index (χ1) is 13.1. The second kappa shape index (κ2) is 11.8. The molecule has 1 aliphatic heterocycles. The van der Waals surface area contributed by atoms with Gasteiger partial charge >= 0.3 is 6.09 Å². The molecule has 1 amide bonds. The third-order valence-electron chi connectivity index (χ3n) is 4.51. The molecule has 7 nitrogen and oxygen atoms in total. The summed E-state index contributed by atoms with van der Waals surface area (Å²) in [4.78, 5) is 15.5. The van der Waals surface area contributed by atoms with Crippen molar-refractivity contribution in [3.8, 4) is 5.75 Å². The Morgan fingerprint density at radius 3 is 2.44 bits per heavy atom. The molecule has 1 aromatic rings. The lowest BCUT2D eigenvalue weighted by Gasteiger charge is -2.34. The Kier molecular flexibility index (Phi) is 9.38. The number of aliphatic hydroxyl groups excluding tert-OH is 1. The van der Waals surface area contributed by atoms with E-state index in [1.54, 1.807) is 11.8 Å². The number of ether oxygens (including phenoxy) is 3. The summed E-state index contributed by atoms with van der Waals surface area (Å²) in [6.07, 6.45) is 0.201. The smallest absolute Gasteiger partial charge is 0.409 e. The fourth-order valence-electron chi connectivity index (χ4n) is 2.94. The van der Waals surface area contributed by atoms with Crippen molar-refractivity contribution in [1.82, 2.24) is 9.80 Å². The Bertz CT molecular complexity index is 544. The van der Waals surface area contributed by atoms with E-state index in [1.807, 2.05) is 12.1 Å². The number of benzene rings is 1. The SMILES string of the molecule is CCOC(=O)N1CCN(C[C@@H](O)COCCOc2ccc(CC)cc2)CC1. The Hall–Kier alpha value is -1.83. The van der Waals surface area contributed by atoms with Crippen LogP contribution >= 0.6 is 0 Å². The van der Waals surface area contributed by atoms with Crippen LogP contribution in [0.5, 0.6) is 5.75 Å². The van der Waals surface area contributed by atoms with Gasteiger partial charge in [0.2, 0.25) is 0 Å². The van der Waals surface area contributed by atoms with E-state index in [-0.39, 0.29) is 12.7 Å². The van der Waals surface area contributed by atoms with Gasteiger partial charge in [0, 0.05) is 32.7 Å². The van der Waals surface area contributed by atoms with Crippen molar-refractivity contribution in [2.45, 2.75) is 26.4 Å². The van der Waals surface area contributed by atoms with Crippen molar-refractivity contribution in [3.05, 3.63) is 29.8 Å². The van der Waals surface area contributed by atoms with Crippen LogP contribution in [0.3, 0.4) is 0 Å². The molecule has 0 unspecified atom stereocenters. The minimum Gasteiger partial charge on any atom is -0.491 e. The number of amides is 1. The quantitative estimate of drug-likeness (QED) is 0.624. The molecular formula is C20H32N2O5. The highest BCUT2D eigenvalue weighted by Crippen LogP contribution is 2.12. The van der Waals surface area contributed by atoms with Crippen molar-refractivity contribution < 1.29 is 24.1 Å². The van der Waals surface area contributed by atoms with Gasteiger partial charge in [0.1, 0.15) is 12.4 Å². The normalized spacial score (nSPS) is 16.2. The summed E-state index contributed by atoms with van der Waals surface area (Å²) in [5.41, 5.74) is 1.28. The molecule has 0 saturated carbocycles. The highest BCUT2D eigenvalue weighted by atomic mass is 16.6. The Morgan fingerprint density at radius 2 is 1.81 bits per heavy atom. The van der Waals surface area contributed by atoms with Gasteiger partial charge in [0.15, 0.2) is 0 Å². The number of rotatable bonds is 10. The van der Waals surface area contributed by atoms with E-state index in [0.717, 1.165) is 25.3 Å². The van der Waals surface area contributed by atoms with E-state index in [0.29, 0.717) is 39.5 Å². The number of β-amino-alcohol motifs (C(OH)–C–C–N with tert-alkyl or cyclic N) is 1. The summed E-state index contributed by atoms with van der Waals surface area (Å²) in [7, 11) is 0. The fraction of sp³-hybridized carbons (Fsp3) is 0.650. The standard InChI is InChI=1S/C20H32N2O5/c1-3-17-5-7-19(8-6-17)27-14-13-25-16-18(23)15-21-9-11-22(12-10-21)20(24)26-4-2/h5-8,18,23H,3-4,9-16H2,1-2H3/t18-/m1/s1. The van der Waals surface area contributed by atoms with Crippen molar-refractivity contribution in [3.63, 3.8) is 0 Å². The van der Waals surface area contributed by atoms with Crippen LogP contribution in [0.25, 0.3) is 0 Å². The third-order valence-corrected chi connectivity index (χ3v) is 4.51. The average Bonchev–Trinajstić information content (AvgIpc) is 2.69. The zero-order valence-electron chi connectivity index (χ0n) is 16.4. The first-order valence-electron chi connectivity index (χ1n) is 9.74. The van der Waals surface area contributed by atoms with Crippen LogP contribution in [0.1, 0.15) is 19.4 Å². The van der Waals surface area contributed by atoms with Crippen LogP contribution in [-0.2, 0) is 15.9 Å². The number of piperazine rings is 1. The maximum atomic E-state index is 11.7. The van der Waals surface area contributed by atoms with E-state index in [9.17, 15) is 9.90 Å². The van der Waals surface area contributed by atoms with Crippen LogP contribution in [0.2, 0.25) is 0 Å². The number of hydrogen-bond acceptors (Lipinski definition) is 6. The van der Waals surface area contributed by atoms with E-state index >= 15 is 0 Å². The summed E-state index contributed by atoms with van der Waals surface area (Å²) in [5.74, 6) is 0.829. The van der Waals surface area contributed by atoms with Crippen molar-refractivity contribution >= 4 is 6.09 Å². The fourth-order valence-corrected chi connectivity index (χ4v) is 2.94. The molecule has 152 valence electrons. The van der Waals surface area contributed by atoms with Gasteiger partial charge in [0.25, 0.3) is 0 Å². The van der Waals surface area contributed by atoms with Gasteiger partial charge in [-0.25, -0.2) is 4.79 Å². The Labute approximate surface area is 161 Å². The molecular weight excluding hydrogens is 348 g/mol. The summed E-state index contributed by atoms with van der Waals surface area (Å²) >= 11 is 0. The predicted octanol–water partition coefficient (Wildman–Crippen LogP) is 1.78. The summed E-state index contributed by atoms with van der Waals surface area (Å²) in [5, 5.41) is 10.1. The highest BCUT2D eigenvalue weighted by molar-refractivity contribution is 5.67. The molecule has 1 N–H and O–H groups in total. The van der Waals surface area contributed by atoms with Crippen LogP contribution < -0.4 is 4.74 Å². The van der Waals surface area contributed by atoms with Crippen molar-refractivity contribution in [2.75, 3.05) is 59.2 Å². The molecule has 1 fully saturated rings. The minimum absolute atomic E-state index is 0.259. The molecule has 1 aromatic carbocycles. The lowest BCUT2D eigenvalue weighted by atomic mass is 10.2. The van der Waals surface area contributed by atoms with Gasteiger partial charge in [-0.1, -0.05) is 19.1 Å². The van der Waals surface area contributed by atoms with E-state index in [1.165, 1.54) is 5.56 Å². The van der Waals surface area contributed by atoms with Crippen molar-refractivity contribution in [1.29, 1.82) is 0 Å². The van der Waals surface area contributed by atoms with Gasteiger partial charge < -0.3 is 24.2 Å². The number of aliphatic hydroxyl groups is 1. The lowest BCUT2D eigenvalue weighted by Crippen LogP contribution is -2.51. The lowest BCUT2D eigenvalue weighted by molar-refractivity contribution is -0.0000939. The molecule has 27 heavy (non-hydrogen) atoms. The summed E-state index contributed by atoms with van der Waals surface area (Å²) < 4.78 is 16.1. The highest BCUT2D eigenvalue weighted by Gasteiger charge is 2.23. The molecule has 1 aliphatic rings. The zero-order chi connectivity index (χ0) is 19.5. The molecule has 7 heteroatoms. The van der Waals surface area contributed by atoms with Crippen LogP contribution in [0, 0.1) is 0 Å². The van der Waals surface area contributed by atoms with Crippen LogP contribution in [-0.4, -0.2) is 86.3 Å². The second-order valence-electron chi connectivity index (χ2n) is 6.56. The second-order valence-corrected chi connectivity index (χ2v) is 6.56. The minimum atomic E-state index is -0.553. The Balaban J connectivity index is 1.53. The number of nitrogens with zero attached hydrogens (tertiary/aromatic N) is 2. The summed E-state index contributed by atoms with van der Waals surface area (Å²) in [6, 6.07) is 8.04. The Morgan fingerprint density at radius 1 is 1.11 bits per heavy atom. The van der Waals surface area contributed by atoms with E-state index in [4.69, 9.17) is 14.2 Å². The van der Waals surface area contributed by atoms with Crippen LogP contribution in [0.15, 0.2) is 24.3 Å². The molecule has 0 radical (unpaired) electrons. The average molecular weight is 380 g/mol. The maximum absolute atomic E-state index is 11.7. The number of hydrogen-bond donors (Lipinski definition) is 1. The number of aryl methyl sites for hydroxylation is 1. The monoisotopic (exact) mass is 380 g/mol. The molecule has 0 aromatic heterocycles. The maximum Gasteiger partial charge on any atom is 0.409 e. The third kappa shape index (κ3) is 7.74. The van der Waals surface area contributed by atoms with E-state index in [2.05, 4.69) is 24.0 Å². The number of carbonyl (C=O) groups excluding carboxylic acids is 1. The van der Waals surface area contributed by atoms with Crippen molar-refractivity contribution in [2.24, 2.45) is 0 Å².